The monoisotopic (exact) mass is 414 g/mol. The van der Waals surface area contributed by atoms with Gasteiger partial charge in [-0.3, -0.25) is 9.59 Å². The lowest BCUT2D eigenvalue weighted by Gasteiger charge is -2.19. The number of amides is 2. The number of hydrogen-bond acceptors (Lipinski definition) is 3. The highest BCUT2D eigenvalue weighted by Gasteiger charge is 2.25. The highest BCUT2D eigenvalue weighted by molar-refractivity contribution is 6.30. The zero-order valence-electron chi connectivity index (χ0n) is 16.4. The van der Waals surface area contributed by atoms with Gasteiger partial charge in [0, 0.05) is 10.6 Å². The van der Waals surface area contributed by atoms with Gasteiger partial charge in [0.25, 0.3) is 11.8 Å². The maximum Gasteiger partial charge on any atom is 0.326 e. The van der Waals surface area contributed by atoms with E-state index in [0.717, 1.165) is 5.56 Å². The first-order valence-electron chi connectivity index (χ1n) is 9.06. The fraction of sp³-hybridized carbons (Fsp3) is 0.227. The molecule has 2 amide bonds. The summed E-state index contributed by atoms with van der Waals surface area (Å²) in [5, 5.41) is 14.9. The molecule has 0 aliphatic heterocycles. The molecule has 6 nitrogen and oxygen atoms in total. The molecule has 0 spiro atoms. The standard InChI is InChI=1S/C22H23ClN2O4/c1-13(2)19(22(28)29)25-21(27)18(12-15-6-10-17(23)11-7-15)24-20(26)16-8-4-14(3)5-9-16/h4-13,19H,1-3H3,(H,24,26)(H,25,27)(H,28,29)/b18-12+/t19-/m0/s1. The SMILES string of the molecule is Cc1ccc(C(=O)N/C(=C/c2ccc(Cl)cc2)C(=O)N[C@H](C(=O)O)C(C)C)cc1. The fourth-order valence-corrected chi connectivity index (χ4v) is 2.64. The Morgan fingerprint density at radius 2 is 1.59 bits per heavy atom. The summed E-state index contributed by atoms with van der Waals surface area (Å²) in [5.41, 5.74) is 1.94. The van der Waals surface area contributed by atoms with E-state index in [1.165, 1.54) is 6.08 Å². The molecule has 2 aromatic carbocycles. The van der Waals surface area contributed by atoms with Crippen molar-refractivity contribution in [1.82, 2.24) is 10.6 Å². The van der Waals surface area contributed by atoms with Gasteiger partial charge in [-0.2, -0.15) is 0 Å². The molecule has 0 radical (unpaired) electrons. The molecule has 0 unspecified atom stereocenters. The number of benzene rings is 2. The average molecular weight is 415 g/mol. The van der Waals surface area contributed by atoms with Crippen molar-refractivity contribution in [2.75, 3.05) is 0 Å². The molecule has 0 aliphatic carbocycles. The Labute approximate surface area is 174 Å². The molecule has 0 aromatic heterocycles. The number of aliphatic carboxylic acids is 1. The van der Waals surface area contributed by atoms with E-state index in [4.69, 9.17) is 11.6 Å². The number of aryl methyl sites for hydroxylation is 1. The van der Waals surface area contributed by atoms with Crippen LogP contribution in [0.3, 0.4) is 0 Å². The first-order valence-corrected chi connectivity index (χ1v) is 9.44. The second-order valence-electron chi connectivity index (χ2n) is 6.96. The van der Waals surface area contributed by atoms with Crippen molar-refractivity contribution in [1.29, 1.82) is 0 Å². The number of carboxylic acids is 1. The normalized spacial score (nSPS) is 12.4. The smallest absolute Gasteiger partial charge is 0.326 e. The van der Waals surface area contributed by atoms with Crippen LogP contribution in [0.1, 0.15) is 35.3 Å². The summed E-state index contributed by atoms with van der Waals surface area (Å²) in [6.45, 7) is 5.28. The topological polar surface area (TPSA) is 95.5 Å². The van der Waals surface area contributed by atoms with E-state index in [2.05, 4.69) is 10.6 Å². The zero-order valence-corrected chi connectivity index (χ0v) is 17.2. The van der Waals surface area contributed by atoms with Crippen molar-refractivity contribution in [2.45, 2.75) is 26.8 Å². The molecule has 1 atom stereocenters. The van der Waals surface area contributed by atoms with Crippen molar-refractivity contribution < 1.29 is 19.5 Å². The summed E-state index contributed by atoms with van der Waals surface area (Å²) in [4.78, 5) is 36.8. The van der Waals surface area contributed by atoms with Crippen LogP contribution in [-0.2, 0) is 9.59 Å². The number of carboxylic acid groups (broad SMARTS) is 1. The van der Waals surface area contributed by atoms with Gasteiger partial charge in [-0.05, 0) is 48.7 Å². The van der Waals surface area contributed by atoms with Crippen molar-refractivity contribution in [3.63, 3.8) is 0 Å². The van der Waals surface area contributed by atoms with E-state index in [1.54, 1.807) is 62.4 Å². The molecule has 0 bridgehead atoms. The van der Waals surface area contributed by atoms with E-state index in [0.29, 0.717) is 16.1 Å². The van der Waals surface area contributed by atoms with Gasteiger partial charge in [-0.25, -0.2) is 4.79 Å². The van der Waals surface area contributed by atoms with Crippen LogP contribution in [-0.4, -0.2) is 28.9 Å². The molecule has 0 aliphatic rings. The van der Waals surface area contributed by atoms with Crippen LogP contribution in [0.25, 0.3) is 6.08 Å². The van der Waals surface area contributed by atoms with Crippen LogP contribution in [0.15, 0.2) is 54.2 Å². The Morgan fingerprint density at radius 3 is 2.10 bits per heavy atom. The summed E-state index contributed by atoms with van der Waals surface area (Å²) < 4.78 is 0. The summed E-state index contributed by atoms with van der Waals surface area (Å²) in [5.74, 6) is -2.65. The van der Waals surface area contributed by atoms with Crippen molar-refractivity contribution >= 4 is 35.5 Å². The Kier molecular flexibility index (Phi) is 7.56. The Balaban J connectivity index is 2.33. The van der Waals surface area contributed by atoms with Crippen LogP contribution in [0.5, 0.6) is 0 Å². The van der Waals surface area contributed by atoms with E-state index in [-0.39, 0.29) is 11.6 Å². The molecular formula is C22H23ClN2O4. The second-order valence-corrected chi connectivity index (χ2v) is 7.40. The maximum atomic E-state index is 12.8. The first-order chi connectivity index (χ1) is 13.7. The molecule has 2 rings (SSSR count). The van der Waals surface area contributed by atoms with Gasteiger partial charge in [-0.15, -0.1) is 0 Å². The van der Waals surface area contributed by atoms with Gasteiger partial charge >= 0.3 is 5.97 Å². The largest absolute Gasteiger partial charge is 0.480 e. The molecule has 152 valence electrons. The molecule has 0 heterocycles. The molecule has 0 fully saturated rings. The minimum Gasteiger partial charge on any atom is -0.480 e. The van der Waals surface area contributed by atoms with Gasteiger partial charge < -0.3 is 15.7 Å². The second kappa shape index (κ2) is 9.89. The van der Waals surface area contributed by atoms with Crippen LogP contribution >= 0.6 is 11.6 Å². The highest BCUT2D eigenvalue weighted by Crippen LogP contribution is 2.13. The lowest BCUT2D eigenvalue weighted by atomic mass is 10.0. The first kappa shape index (κ1) is 22.2. The average Bonchev–Trinajstić information content (AvgIpc) is 2.67. The van der Waals surface area contributed by atoms with Crippen molar-refractivity contribution in [3.05, 3.63) is 75.9 Å². The molecule has 2 aromatic rings. The molecule has 0 saturated carbocycles. The lowest BCUT2D eigenvalue weighted by molar-refractivity contribution is -0.142. The summed E-state index contributed by atoms with van der Waals surface area (Å²) in [6, 6.07) is 12.5. The molecule has 0 saturated heterocycles. The Hall–Kier alpha value is -3.12. The molecule has 3 N–H and O–H groups in total. The Bertz CT molecular complexity index is 919. The van der Waals surface area contributed by atoms with Crippen LogP contribution in [0.4, 0.5) is 0 Å². The van der Waals surface area contributed by atoms with E-state index in [1.807, 2.05) is 6.92 Å². The molecule has 7 heteroatoms. The minimum absolute atomic E-state index is 0.0650. The third kappa shape index (κ3) is 6.47. The number of hydrogen-bond donors (Lipinski definition) is 3. The number of nitrogens with one attached hydrogen (secondary N) is 2. The van der Waals surface area contributed by atoms with Gasteiger partial charge in [0.2, 0.25) is 0 Å². The van der Waals surface area contributed by atoms with Gasteiger partial charge in [0.05, 0.1) is 0 Å². The lowest BCUT2D eigenvalue weighted by Crippen LogP contribution is -2.47. The zero-order chi connectivity index (χ0) is 21.6. The summed E-state index contributed by atoms with van der Waals surface area (Å²) in [6.07, 6.45) is 1.47. The van der Waals surface area contributed by atoms with Crippen LogP contribution in [0.2, 0.25) is 5.02 Å². The third-order valence-electron chi connectivity index (χ3n) is 4.21. The van der Waals surface area contributed by atoms with Gasteiger partial charge in [-0.1, -0.05) is 55.3 Å². The summed E-state index contributed by atoms with van der Waals surface area (Å²) in [7, 11) is 0. The third-order valence-corrected chi connectivity index (χ3v) is 4.46. The number of carbonyl (C=O) groups is 3. The summed E-state index contributed by atoms with van der Waals surface area (Å²) >= 11 is 5.89. The van der Waals surface area contributed by atoms with Crippen molar-refractivity contribution in [2.24, 2.45) is 5.92 Å². The van der Waals surface area contributed by atoms with Crippen LogP contribution < -0.4 is 10.6 Å². The number of halogens is 1. The number of carbonyl (C=O) groups excluding carboxylic acids is 2. The van der Waals surface area contributed by atoms with Gasteiger partial charge in [0.15, 0.2) is 0 Å². The predicted molar refractivity (Wildman–Crippen MR) is 112 cm³/mol. The fourth-order valence-electron chi connectivity index (χ4n) is 2.52. The van der Waals surface area contributed by atoms with Gasteiger partial charge in [0.1, 0.15) is 11.7 Å². The molecule has 29 heavy (non-hydrogen) atoms. The quantitative estimate of drug-likeness (QED) is 0.602. The molecular weight excluding hydrogens is 392 g/mol. The highest BCUT2D eigenvalue weighted by atomic mass is 35.5. The predicted octanol–water partition coefficient (Wildman–Crippen LogP) is 3.64. The van der Waals surface area contributed by atoms with E-state index >= 15 is 0 Å². The minimum atomic E-state index is -1.15. The Morgan fingerprint density at radius 1 is 1.00 bits per heavy atom. The maximum absolute atomic E-state index is 12.8. The van der Waals surface area contributed by atoms with Crippen LogP contribution in [0, 0.1) is 12.8 Å². The van der Waals surface area contributed by atoms with E-state index < -0.39 is 23.8 Å². The van der Waals surface area contributed by atoms with E-state index in [9.17, 15) is 19.5 Å². The van der Waals surface area contributed by atoms with Crippen molar-refractivity contribution in [3.8, 4) is 0 Å². The number of rotatable bonds is 7.